The van der Waals surface area contributed by atoms with Crippen LogP contribution in [0.5, 0.6) is 0 Å². The Morgan fingerprint density at radius 3 is 2.12 bits per heavy atom. The fourth-order valence-electron chi connectivity index (χ4n) is 3.78. The third-order valence-electron chi connectivity index (χ3n) is 5.42. The van der Waals surface area contributed by atoms with Gasteiger partial charge in [-0.1, -0.05) is 12.1 Å². The summed E-state index contributed by atoms with van der Waals surface area (Å²) in [4.78, 5) is 18.0. The Labute approximate surface area is 187 Å². The van der Waals surface area contributed by atoms with E-state index in [1.807, 2.05) is 62.8 Å². The first-order chi connectivity index (χ1) is 15.7. The summed E-state index contributed by atoms with van der Waals surface area (Å²) in [6.07, 6.45) is 5.56. The number of aryl methyl sites for hydroxylation is 2. The molecule has 0 aliphatic carbocycles. The summed E-state index contributed by atoms with van der Waals surface area (Å²) in [5, 5.41) is 4.64. The Balaban J connectivity index is 1.35. The molecule has 0 atom stereocenters. The van der Waals surface area contributed by atoms with Gasteiger partial charge in [-0.05, 0) is 74.0 Å². The van der Waals surface area contributed by atoms with Crippen LogP contribution in [0.25, 0.3) is 33.4 Å². The maximum atomic E-state index is 4.87. The van der Waals surface area contributed by atoms with Gasteiger partial charge in [0, 0.05) is 58.7 Å². The highest BCUT2D eigenvalue weighted by Gasteiger charge is 2.06. The molecule has 0 saturated heterocycles. The summed E-state index contributed by atoms with van der Waals surface area (Å²) < 4.78 is 0. The fourth-order valence-corrected chi connectivity index (χ4v) is 3.78. The lowest BCUT2D eigenvalue weighted by atomic mass is 10.1. The minimum atomic E-state index is 0.688. The third kappa shape index (κ3) is 4.18. The zero-order valence-electron chi connectivity index (χ0n) is 18.1. The smallest absolute Gasteiger partial charge is 0.0730 e. The van der Waals surface area contributed by atoms with Gasteiger partial charge in [-0.25, -0.2) is 4.98 Å². The van der Waals surface area contributed by atoms with E-state index in [-0.39, 0.29) is 0 Å². The molecule has 1 aromatic carbocycles. The lowest BCUT2D eigenvalue weighted by Crippen LogP contribution is -2.01. The van der Waals surface area contributed by atoms with Gasteiger partial charge in [0.25, 0.3) is 0 Å². The molecule has 156 valence electrons. The second kappa shape index (κ2) is 8.55. The Bertz CT molecular complexity index is 1390. The molecule has 0 aliphatic rings. The van der Waals surface area contributed by atoms with Crippen LogP contribution in [0.15, 0.2) is 85.3 Å². The van der Waals surface area contributed by atoms with Crippen LogP contribution in [0.4, 0.5) is 5.69 Å². The lowest BCUT2D eigenvalue weighted by molar-refractivity contribution is 1.11. The molecule has 0 bridgehead atoms. The van der Waals surface area contributed by atoms with Crippen molar-refractivity contribution in [3.8, 4) is 22.5 Å². The molecule has 5 nitrogen and oxygen atoms in total. The molecule has 0 radical (unpaired) electrons. The van der Waals surface area contributed by atoms with E-state index in [1.165, 1.54) is 0 Å². The number of nitrogens with zero attached hydrogens (tertiary/aromatic N) is 4. The molecule has 32 heavy (non-hydrogen) atoms. The molecule has 0 unspecified atom stereocenters. The number of hydrogen-bond acceptors (Lipinski definition) is 5. The first kappa shape index (κ1) is 19.8. The normalized spacial score (nSPS) is 10.9. The summed E-state index contributed by atoms with van der Waals surface area (Å²) in [6.45, 7) is 4.67. The molecule has 5 aromatic rings. The standard InChI is InChI=1S/C27H23N5/c1-18-14-21(10-12-28-18)24-8-6-20(16-30-24)17-31-26-4-3-5-27-23(26)7-9-25(32-27)22-11-13-29-19(2)15-22/h3-16,31H,17H2,1-2H3. The molecule has 0 saturated carbocycles. The third-order valence-corrected chi connectivity index (χ3v) is 5.42. The monoisotopic (exact) mass is 417 g/mol. The average Bonchev–Trinajstić information content (AvgIpc) is 2.82. The Kier molecular flexibility index (Phi) is 5.30. The minimum absolute atomic E-state index is 0.688. The van der Waals surface area contributed by atoms with Crippen molar-refractivity contribution < 1.29 is 0 Å². The number of fused-ring (bicyclic) bond motifs is 1. The summed E-state index contributed by atoms with van der Waals surface area (Å²) in [7, 11) is 0. The van der Waals surface area contributed by atoms with Crippen molar-refractivity contribution in [2.45, 2.75) is 20.4 Å². The number of nitrogens with one attached hydrogen (secondary N) is 1. The van der Waals surface area contributed by atoms with Gasteiger partial charge in [-0.15, -0.1) is 0 Å². The van der Waals surface area contributed by atoms with Crippen LogP contribution in [-0.4, -0.2) is 19.9 Å². The van der Waals surface area contributed by atoms with Crippen molar-refractivity contribution in [2.24, 2.45) is 0 Å². The summed E-state index contributed by atoms with van der Waals surface area (Å²) >= 11 is 0. The van der Waals surface area contributed by atoms with Crippen LogP contribution < -0.4 is 5.32 Å². The summed E-state index contributed by atoms with van der Waals surface area (Å²) in [6, 6.07) is 22.6. The van der Waals surface area contributed by atoms with Crippen LogP contribution in [0, 0.1) is 13.8 Å². The molecule has 5 rings (SSSR count). The number of rotatable bonds is 5. The van der Waals surface area contributed by atoms with Crippen LogP contribution in [-0.2, 0) is 6.54 Å². The highest BCUT2D eigenvalue weighted by atomic mass is 14.9. The number of hydrogen-bond donors (Lipinski definition) is 1. The Morgan fingerprint density at radius 1 is 0.719 bits per heavy atom. The second-order valence-corrected chi connectivity index (χ2v) is 7.85. The molecule has 0 amide bonds. The Morgan fingerprint density at radius 2 is 1.44 bits per heavy atom. The average molecular weight is 418 g/mol. The summed E-state index contributed by atoms with van der Waals surface area (Å²) in [5.41, 5.74) is 9.17. The maximum absolute atomic E-state index is 4.87. The van der Waals surface area contributed by atoms with Crippen molar-refractivity contribution >= 4 is 16.6 Å². The van der Waals surface area contributed by atoms with Gasteiger partial charge < -0.3 is 5.32 Å². The van der Waals surface area contributed by atoms with Gasteiger partial charge in [-0.2, -0.15) is 0 Å². The van der Waals surface area contributed by atoms with E-state index in [2.05, 4.69) is 56.7 Å². The van der Waals surface area contributed by atoms with Crippen LogP contribution in [0.3, 0.4) is 0 Å². The second-order valence-electron chi connectivity index (χ2n) is 7.85. The molecule has 0 fully saturated rings. The summed E-state index contributed by atoms with van der Waals surface area (Å²) in [5.74, 6) is 0. The van der Waals surface area contributed by atoms with Gasteiger partial charge in [0.05, 0.1) is 16.9 Å². The number of aromatic nitrogens is 4. The van der Waals surface area contributed by atoms with Gasteiger partial charge in [-0.3, -0.25) is 15.0 Å². The minimum Gasteiger partial charge on any atom is -0.380 e. The first-order valence-electron chi connectivity index (χ1n) is 10.6. The maximum Gasteiger partial charge on any atom is 0.0730 e. The number of benzene rings is 1. The quantitative estimate of drug-likeness (QED) is 0.381. The molecular formula is C27H23N5. The van der Waals surface area contributed by atoms with Crippen molar-refractivity contribution in [3.63, 3.8) is 0 Å². The van der Waals surface area contributed by atoms with Crippen LogP contribution in [0.1, 0.15) is 17.0 Å². The van der Waals surface area contributed by atoms with E-state index in [1.54, 1.807) is 0 Å². The van der Waals surface area contributed by atoms with Crippen molar-refractivity contribution in [3.05, 3.63) is 102 Å². The highest BCUT2D eigenvalue weighted by Crippen LogP contribution is 2.26. The molecular weight excluding hydrogens is 394 g/mol. The van der Waals surface area contributed by atoms with E-state index in [9.17, 15) is 0 Å². The molecule has 4 heterocycles. The fraction of sp³-hybridized carbons (Fsp3) is 0.111. The SMILES string of the molecule is Cc1cc(-c2ccc(CNc3cccc4nc(-c5ccnc(C)c5)ccc34)cn2)ccn1. The Hall–Kier alpha value is -4.12. The van der Waals surface area contributed by atoms with Gasteiger partial charge in [0.2, 0.25) is 0 Å². The van der Waals surface area contributed by atoms with E-state index >= 15 is 0 Å². The molecule has 0 aliphatic heterocycles. The van der Waals surface area contributed by atoms with E-state index in [0.29, 0.717) is 6.54 Å². The molecule has 1 N–H and O–H groups in total. The van der Waals surface area contributed by atoms with Crippen LogP contribution in [0.2, 0.25) is 0 Å². The number of pyridine rings is 4. The van der Waals surface area contributed by atoms with Crippen molar-refractivity contribution in [1.82, 2.24) is 19.9 Å². The van der Waals surface area contributed by atoms with Gasteiger partial charge >= 0.3 is 0 Å². The molecule has 0 spiro atoms. The van der Waals surface area contributed by atoms with Crippen molar-refractivity contribution in [2.75, 3.05) is 5.32 Å². The predicted octanol–water partition coefficient (Wildman–Crippen LogP) is 5.98. The van der Waals surface area contributed by atoms with E-state index < -0.39 is 0 Å². The topological polar surface area (TPSA) is 63.6 Å². The lowest BCUT2D eigenvalue weighted by Gasteiger charge is -2.11. The van der Waals surface area contributed by atoms with Gasteiger partial charge in [0.1, 0.15) is 0 Å². The zero-order valence-corrected chi connectivity index (χ0v) is 18.1. The van der Waals surface area contributed by atoms with Crippen molar-refractivity contribution in [1.29, 1.82) is 0 Å². The highest BCUT2D eigenvalue weighted by molar-refractivity contribution is 5.92. The van der Waals surface area contributed by atoms with E-state index in [4.69, 9.17) is 4.98 Å². The van der Waals surface area contributed by atoms with Gasteiger partial charge in [0.15, 0.2) is 0 Å². The zero-order chi connectivity index (χ0) is 21.9. The first-order valence-corrected chi connectivity index (χ1v) is 10.6. The van der Waals surface area contributed by atoms with E-state index in [0.717, 1.165) is 56.1 Å². The predicted molar refractivity (Wildman–Crippen MR) is 129 cm³/mol. The number of anilines is 1. The van der Waals surface area contributed by atoms with Crippen LogP contribution >= 0.6 is 0 Å². The molecule has 5 heteroatoms. The molecule has 4 aromatic heterocycles. The largest absolute Gasteiger partial charge is 0.380 e.